The van der Waals surface area contributed by atoms with Gasteiger partial charge in [0.25, 0.3) is 0 Å². The molecule has 2 aromatic carbocycles. The lowest BCUT2D eigenvalue weighted by Crippen LogP contribution is -2.42. The SMILES string of the molecule is C=C(CCc1ccc(C(F)(F)F)cc1)CSc1ccc(OCC2OC(C)O2)c(C)c1. The Kier molecular flexibility index (Phi) is 7.50. The van der Waals surface area contributed by atoms with Gasteiger partial charge in [-0.2, -0.15) is 13.2 Å². The Balaban J connectivity index is 1.41. The van der Waals surface area contributed by atoms with Crippen LogP contribution >= 0.6 is 11.8 Å². The topological polar surface area (TPSA) is 27.7 Å². The lowest BCUT2D eigenvalue weighted by molar-refractivity contribution is -0.380. The summed E-state index contributed by atoms with van der Waals surface area (Å²) in [5, 5.41) is 0. The molecule has 1 heterocycles. The maximum atomic E-state index is 12.6. The van der Waals surface area contributed by atoms with Crippen molar-refractivity contribution in [2.45, 2.75) is 50.3 Å². The standard InChI is InChI=1S/C23H25F3O3S/c1-15(4-5-18-6-8-19(9-7-18)23(24,25)26)14-30-20-10-11-21(16(2)12-20)27-13-22-28-17(3)29-22/h6-12,17,22H,1,4-5,13-14H2,2-3H3. The molecule has 0 aliphatic carbocycles. The Morgan fingerprint density at radius 3 is 2.43 bits per heavy atom. The average Bonchev–Trinajstić information content (AvgIpc) is 2.68. The third kappa shape index (κ3) is 6.52. The number of ether oxygens (including phenoxy) is 3. The molecular weight excluding hydrogens is 413 g/mol. The molecule has 3 rings (SSSR count). The summed E-state index contributed by atoms with van der Waals surface area (Å²) in [6.07, 6.45) is -3.35. The van der Waals surface area contributed by atoms with Crippen molar-refractivity contribution in [2.75, 3.05) is 12.4 Å². The van der Waals surface area contributed by atoms with Crippen LogP contribution in [0.1, 0.15) is 30.0 Å². The van der Waals surface area contributed by atoms with E-state index in [1.165, 1.54) is 12.1 Å². The van der Waals surface area contributed by atoms with Crippen molar-refractivity contribution in [3.63, 3.8) is 0 Å². The summed E-state index contributed by atoms with van der Waals surface area (Å²) in [5.41, 5.74) is 2.33. The predicted octanol–water partition coefficient (Wildman–Crippen LogP) is 6.39. The van der Waals surface area contributed by atoms with Crippen LogP contribution in [0.2, 0.25) is 0 Å². The van der Waals surface area contributed by atoms with Crippen molar-refractivity contribution in [1.82, 2.24) is 0 Å². The predicted molar refractivity (Wildman–Crippen MR) is 112 cm³/mol. The minimum atomic E-state index is -4.30. The number of hydrogen-bond donors (Lipinski definition) is 0. The van der Waals surface area contributed by atoms with E-state index in [1.807, 2.05) is 26.0 Å². The molecule has 0 bridgehead atoms. The molecule has 1 fully saturated rings. The molecule has 3 nitrogen and oxygen atoms in total. The van der Waals surface area contributed by atoms with Gasteiger partial charge >= 0.3 is 6.18 Å². The Labute approximate surface area is 179 Å². The minimum Gasteiger partial charge on any atom is -0.488 e. The maximum absolute atomic E-state index is 12.6. The van der Waals surface area contributed by atoms with Crippen molar-refractivity contribution < 1.29 is 27.4 Å². The molecular formula is C23H25F3O3S. The number of hydrogen-bond acceptors (Lipinski definition) is 4. The van der Waals surface area contributed by atoms with E-state index in [0.717, 1.165) is 51.7 Å². The number of aryl methyl sites for hydroxylation is 2. The van der Waals surface area contributed by atoms with E-state index in [4.69, 9.17) is 14.2 Å². The second-order valence-corrected chi connectivity index (χ2v) is 8.29. The van der Waals surface area contributed by atoms with Gasteiger partial charge in [0.1, 0.15) is 12.4 Å². The van der Waals surface area contributed by atoms with E-state index in [-0.39, 0.29) is 12.6 Å². The van der Waals surface area contributed by atoms with Gasteiger partial charge in [0.2, 0.25) is 0 Å². The zero-order valence-corrected chi connectivity index (χ0v) is 17.8. The summed E-state index contributed by atoms with van der Waals surface area (Å²) < 4.78 is 54.3. The zero-order chi connectivity index (χ0) is 21.7. The normalized spacial score (nSPS) is 18.7. The second kappa shape index (κ2) is 9.90. The van der Waals surface area contributed by atoms with Crippen LogP contribution < -0.4 is 4.74 Å². The van der Waals surface area contributed by atoms with Crippen molar-refractivity contribution >= 4 is 11.8 Å². The van der Waals surface area contributed by atoms with Crippen molar-refractivity contribution in [3.8, 4) is 5.75 Å². The summed E-state index contributed by atoms with van der Waals surface area (Å²) in [7, 11) is 0. The molecule has 0 atom stereocenters. The van der Waals surface area contributed by atoms with Gasteiger partial charge in [-0.05, 0) is 68.1 Å². The van der Waals surface area contributed by atoms with Crippen molar-refractivity contribution in [2.24, 2.45) is 0 Å². The number of alkyl halides is 3. The van der Waals surface area contributed by atoms with Gasteiger partial charge in [-0.15, -0.1) is 11.8 Å². The van der Waals surface area contributed by atoms with Gasteiger partial charge in [-0.3, -0.25) is 0 Å². The molecule has 30 heavy (non-hydrogen) atoms. The minimum absolute atomic E-state index is 0.161. The van der Waals surface area contributed by atoms with E-state index in [2.05, 4.69) is 12.6 Å². The summed E-state index contributed by atoms with van der Waals surface area (Å²) in [6, 6.07) is 11.3. The lowest BCUT2D eigenvalue weighted by atomic mass is 10.0. The molecule has 1 aliphatic heterocycles. The van der Waals surface area contributed by atoms with Crippen LogP contribution in [-0.2, 0) is 22.1 Å². The summed E-state index contributed by atoms with van der Waals surface area (Å²) in [6.45, 7) is 8.29. The smallest absolute Gasteiger partial charge is 0.416 e. The van der Waals surface area contributed by atoms with Gasteiger partial charge in [0, 0.05) is 10.6 Å². The third-order valence-electron chi connectivity index (χ3n) is 4.70. The van der Waals surface area contributed by atoms with Gasteiger partial charge in [0.15, 0.2) is 12.6 Å². The number of thioether (sulfide) groups is 1. The van der Waals surface area contributed by atoms with Gasteiger partial charge in [0.05, 0.1) is 5.56 Å². The molecule has 162 valence electrons. The second-order valence-electron chi connectivity index (χ2n) is 7.24. The van der Waals surface area contributed by atoms with Crippen molar-refractivity contribution in [3.05, 3.63) is 71.3 Å². The van der Waals surface area contributed by atoms with Gasteiger partial charge in [-0.1, -0.05) is 24.3 Å². The number of benzene rings is 2. The van der Waals surface area contributed by atoms with Crippen LogP contribution in [0, 0.1) is 6.92 Å². The van der Waals surface area contributed by atoms with Crippen LogP contribution in [0.3, 0.4) is 0 Å². The molecule has 0 saturated carbocycles. The first-order valence-electron chi connectivity index (χ1n) is 9.70. The number of rotatable bonds is 9. The molecule has 0 spiro atoms. The van der Waals surface area contributed by atoms with E-state index in [0.29, 0.717) is 13.0 Å². The zero-order valence-electron chi connectivity index (χ0n) is 17.0. The Bertz CT molecular complexity index is 859. The van der Waals surface area contributed by atoms with E-state index < -0.39 is 11.7 Å². The highest BCUT2D eigenvalue weighted by Gasteiger charge is 2.30. The molecule has 7 heteroatoms. The fourth-order valence-corrected chi connectivity index (χ4v) is 3.93. The maximum Gasteiger partial charge on any atom is 0.416 e. The highest BCUT2D eigenvalue weighted by Crippen LogP contribution is 2.30. The first kappa shape index (κ1) is 22.7. The summed E-state index contributed by atoms with van der Waals surface area (Å²) in [4.78, 5) is 1.11. The summed E-state index contributed by atoms with van der Waals surface area (Å²) >= 11 is 1.68. The first-order valence-corrected chi connectivity index (χ1v) is 10.7. The molecule has 1 aliphatic rings. The third-order valence-corrected chi connectivity index (χ3v) is 5.84. The largest absolute Gasteiger partial charge is 0.488 e. The highest BCUT2D eigenvalue weighted by atomic mass is 32.2. The lowest BCUT2D eigenvalue weighted by Gasteiger charge is -2.33. The van der Waals surface area contributed by atoms with Crippen LogP contribution in [0.25, 0.3) is 0 Å². The molecule has 0 amide bonds. The van der Waals surface area contributed by atoms with E-state index in [9.17, 15) is 13.2 Å². The van der Waals surface area contributed by atoms with Crippen LogP contribution in [0.15, 0.2) is 59.5 Å². The Morgan fingerprint density at radius 2 is 1.83 bits per heavy atom. The number of halogens is 3. The Morgan fingerprint density at radius 1 is 1.13 bits per heavy atom. The fourth-order valence-electron chi connectivity index (χ4n) is 2.99. The molecule has 0 radical (unpaired) electrons. The van der Waals surface area contributed by atoms with Gasteiger partial charge < -0.3 is 14.2 Å². The average molecular weight is 439 g/mol. The van der Waals surface area contributed by atoms with Crippen LogP contribution in [0.5, 0.6) is 5.75 Å². The summed E-state index contributed by atoms with van der Waals surface area (Å²) in [5.74, 6) is 1.55. The fraction of sp³-hybridized carbons (Fsp3) is 0.391. The van der Waals surface area contributed by atoms with Crippen LogP contribution in [-0.4, -0.2) is 24.9 Å². The quantitative estimate of drug-likeness (QED) is 0.335. The first-order chi connectivity index (χ1) is 14.2. The molecule has 0 N–H and O–H groups in total. The van der Waals surface area contributed by atoms with Gasteiger partial charge in [-0.25, -0.2) is 0 Å². The van der Waals surface area contributed by atoms with Crippen molar-refractivity contribution in [1.29, 1.82) is 0 Å². The monoisotopic (exact) mass is 438 g/mol. The molecule has 0 unspecified atom stereocenters. The van der Waals surface area contributed by atoms with E-state index in [1.54, 1.807) is 11.8 Å². The Hall–Kier alpha value is -1.96. The molecule has 1 saturated heterocycles. The highest BCUT2D eigenvalue weighted by molar-refractivity contribution is 7.99. The molecule has 0 aromatic heterocycles. The van der Waals surface area contributed by atoms with E-state index >= 15 is 0 Å². The molecule has 2 aromatic rings. The van der Waals surface area contributed by atoms with Crippen LogP contribution in [0.4, 0.5) is 13.2 Å².